The molecule has 1 aliphatic rings. The van der Waals surface area contributed by atoms with E-state index in [0.717, 1.165) is 37.0 Å². The van der Waals surface area contributed by atoms with E-state index in [1.54, 1.807) is 0 Å². The molecule has 2 aromatic rings. The molecule has 5 heteroatoms. The van der Waals surface area contributed by atoms with E-state index in [4.69, 9.17) is 0 Å². The third-order valence-corrected chi connectivity index (χ3v) is 3.69. The normalized spacial score (nSPS) is 17.7. The van der Waals surface area contributed by atoms with Gasteiger partial charge in [-0.3, -0.25) is 0 Å². The van der Waals surface area contributed by atoms with Crippen LogP contribution in [0.3, 0.4) is 0 Å². The van der Waals surface area contributed by atoms with Crippen molar-refractivity contribution >= 4 is 5.82 Å². The molecule has 0 bridgehead atoms. The van der Waals surface area contributed by atoms with Gasteiger partial charge in [0.2, 0.25) is 0 Å². The summed E-state index contributed by atoms with van der Waals surface area (Å²) in [6.07, 6.45) is 1.66. The molecule has 1 aromatic carbocycles. The summed E-state index contributed by atoms with van der Waals surface area (Å²) >= 11 is 0. The van der Waals surface area contributed by atoms with Crippen LogP contribution < -0.4 is 5.32 Å². The molecule has 1 atom stereocenters. The Morgan fingerprint density at radius 3 is 2.62 bits per heavy atom. The molecule has 1 aliphatic heterocycles. The fourth-order valence-electron chi connectivity index (χ4n) is 2.87. The van der Waals surface area contributed by atoms with Crippen molar-refractivity contribution in [1.29, 1.82) is 0 Å². The number of hydrogen-bond donors (Lipinski definition) is 1. The van der Waals surface area contributed by atoms with Gasteiger partial charge in [0, 0.05) is 18.7 Å². The van der Waals surface area contributed by atoms with Gasteiger partial charge in [-0.05, 0) is 36.5 Å². The Labute approximate surface area is 123 Å². The standard InChI is InChI=1S/C16H19F2N3/c1-10(2)5-14-9-16-19-4-3-15(21(16)20-14)11-6-12(17)8-13(18)7-11/h6-10,15,19H,3-5H2,1-2H3. The third-order valence-electron chi connectivity index (χ3n) is 3.69. The van der Waals surface area contributed by atoms with Gasteiger partial charge in [0.15, 0.2) is 0 Å². The number of anilines is 1. The van der Waals surface area contributed by atoms with Gasteiger partial charge in [0.25, 0.3) is 0 Å². The van der Waals surface area contributed by atoms with Crippen molar-refractivity contribution < 1.29 is 8.78 Å². The predicted octanol–water partition coefficient (Wildman–Crippen LogP) is 3.76. The van der Waals surface area contributed by atoms with Gasteiger partial charge in [-0.2, -0.15) is 5.10 Å². The molecule has 1 unspecified atom stereocenters. The zero-order valence-electron chi connectivity index (χ0n) is 12.2. The molecule has 0 spiro atoms. The minimum Gasteiger partial charge on any atom is -0.370 e. The van der Waals surface area contributed by atoms with Gasteiger partial charge in [0.1, 0.15) is 17.5 Å². The fraction of sp³-hybridized carbons (Fsp3) is 0.438. The monoisotopic (exact) mass is 291 g/mol. The summed E-state index contributed by atoms with van der Waals surface area (Å²) in [5, 5.41) is 7.92. The molecular formula is C16H19F2N3. The molecule has 3 nitrogen and oxygen atoms in total. The van der Waals surface area contributed by atoms with Crippen LogP contribution in [0.15, 0.2) is 24.3 Å². The maximum atomic E-state index is 13.5. The second-order valence-electron chi connectivity index (χ2n) is 6.00. The van der Waals surface area contributed by atoms with Crippen LogP contribution in [0.25, 0.3) is 0 Å². The van der Waals surface area contributed by atoms with Crippen LogP contribution >= 0.6 is 0 Å². The Balaban J connectivity index is 1.97. The van der Waals surface area contributed by atoms with Crippen LogP contribution in [0.5, 0.6) is 0 Å². The summed E-state index contributed by atoms with van der Waals surface area (Å²) in [5.74, 6) is 0.359. The maximum absolute atomic E-state index is 13.5. The number of nitrogens with one attached hydrogen (secondary N) is 1. The van der Waals surface area contributed by atoms with E-state index in [1.807, 2.05) is 10.7 Å². The van der Waals surface area contributed by atoms with E-state index in [0.29, 0.717) is 11.5 Å². The Hall–Kier alpha value is -1.91. The molecule has 0 saturated carbocycles. The van der Waals surface area contributed by atoms with Gasteiger partial charge in [-0.25, -0.2) is 13.5 Å². The van der Waals surface area contributed by atoms with Crippen LogP contribution in [-0.2, 0) is 6.42 Å². The largest absolute Gasteiger partial charge is 0.370 e. The van der Waals surface area contributed by atoms with Crippen LogP contribution in [-0.4, -0.2) is 16.3 Å². The first kappa shape index (κ1) is 14.0. The molecule has 0 fully saturated rings. The molecule has 3 rings (SSSR count). The minimum absolute atomic E-state index is 0.118. The van der Waals surface area contributed by atoms with Crippen LogP contribution in [0.2, 0.25) is 0 Å². The Kier molecular flexibility index (Phi) is 3.66. The summed E-state index contributed by atoms with van der Waals surface area (Å²) in [4.78, 5) is 0. The zero-order valence-corrected chi connectivity index (χ0v) is 12.2. The Morgan fingerprint density at radius 2 is 1.95 bits per heavy atom. The van der Waals surface area contributed by atoms with Crippen molar-refractivity contribution in [3.8, 4) is 0 Å². The number of aromatic nitrogens is 2. The average Bonchev–Trinajstić information content (AvgIpc) is 2.78. The minimum atomic E-state index is -0.542. The number of rotatable bonds is 3. The van der Waals surface area contributed by atoms with Crippen molar-refractivity contribution in [1.82, 2.24) is 9.78 Å². The smallest absolute Gasteiger partial charge is 0.126 e. The summed E-state index contributed by atoms with van der Waals surface area (Å²) in [6, 6.07) is 5.60. The molecular weight excluding hydrogens is 272 g/mol. The molecule has 0 saturated heterocycles. The quantitative estimate of drug-likeness (QED) is 0.933. The molecule has 112 valence electrons. The number of halogens is 2. The van der Waals surface area contributed by atoms with Crippen molar-refractivity contribution in [2.24, 2.45) is 5.92 Å². The summed E-state index contributed by atoms with van der Waals surface area (Å²) in [7, 11) is 0. The van der Waals surface area contributed by atoms with Crippen LogP contribution in [0.4, 0.5) is 14.6 Å². The van der Waals surface area contributed by atoms with E-state index in [2.05, 4.69) is 24.3 Å². The number of benzene rings is 1. The second kappa shape index (κ2) is 5.47. The van der Waals surface area contributed by atoms with Crippen molar-refractivity contribution in [2.45, 2.75) is 32.7 Å². The molecule has 1 aromatic heterocycles. The number of hydrogen-bond acceptors (Lipinski definition) is 2. The highest BCUT2D eigenvalue weighted by atomic mass is 19.1. The summed E-state index contributed by atoms with van der Waals surface area (Å²) in [6.45, 7) is 5.06. The lowest BCUT2D eigenvalue weighted by atomic mass is 10.0. The van der Waals surface area contributed by atoms with E-state index in [-0.39, 0.29) is 6.04 Å². The topological polar surface area (TPSA) is 29.9 Å². The molecule has 2 heterocycles. The van der Waals surface area contributed by atoms with E-state index >= 15 is 0 Å². The molecule has 0 aliphatic carbocycles. The van der Waals surface area contributed by atoms with Gasteiger partial charge in [-0.15, -0.1) is 0 Å². The summed E-state index contributed by atoms with van der Waals surface area (Å²) < 4.78 is 28.8. The second-order valence-corrected chi connectivity index (χ2v) is 6.00. The molecule has 21 heavy (non-hydrogen) atoms. The zero-order chi connectivity index (χ0) is 15.0. The average molecular weight is 291 g/mol. The highest BCUT2D eigenvalue weighted by molar-refractivity contribution is 5.41. The highest BCUT2D eigenvalue weighted by Gasteiger charge is 2.24. The van der Waals surface area contributed by atoms with Gasteiger partial charge >= 0.3 is 0 Å². The van der Waals surface area contributed by atoms with Crippen molar-refractivity contribution in [2.75, 3.05) is 11.9 Å². The van der Waals surface area contributed by atoms with E-state index in [1.165, 1.54) is 12.1 Å². The number of nitrogens with zero attached hydrogens (tertiary/aromatic N) is 2. The number of fused-ring (bicyclic) bond motifs is 1. The van der Waals surface area contributed by atoms with Gasteiger partial charge in [0.05, 0.1) is 11.7 Å². The molecule has 0 radical (unpaired) electrons. The predicted molar refractivity (Wildman–Crippen MR) is 78.4 cm³/mol. The Morgan fingerprint density at radius 1 is 1.24 bits per heavy atom. The highest BCUT2D eigenvalue weighted by Crippen LogP contribution is 2.31. The van der Waals surface area contributed by atoms with E-state index < -0.39 is 11.6 Å². The lowest BCUT2D eigenvalue weighted by Gasteiger charge is -2.26. The lowest BCUT2D eigenvalue weighted by molar-refractivity contribution is 0.467. The van der Waals surface area contributed by atoms with Crippen LogP contribution in [0, 0.1) is 17.6 Å². The van der Waals surface area contributed by atoms with Crippen molar-refractivity contribution in [3.63, 3.8) is 0 Å². The fourth-order valence-corrected chi connectivity index (χ4v) is 2.87. The van der Waals surface area contributed by atoms with E-state index in [9.17, 15) is 8.78 Å². The molecule has 1 N–H and O–H groups in total. The Bertz CT molecular complexity index is 629. The first-order valence-electron chi connectivity index (χ1n) is 7.31. The van der Waals surface area contributed by atoms with Gasteiger partial charge in [-0.1, -0.05) is 13.8 Å². The first-order valence-corrected chi connectivity index (χ1v) is 7.31. The van der Waals surface area contributed by atoms with Crippen LogP contribution in [0.1, 0.15) is 37.6 Å². The van der Waals surface area contributed by atoms with Gasteiger partial charge < -0.3 is 5.32 Å². The van der Waals surface area contributed by atoms with Crippen molar-refractivity contribution in [3.05, 3.63) is 47.2 Å². The molecule has 0 amide bonds. The lowest BCUT2D eigenvalue weighted by Crippen LogP contribution is -2.24. The maximum Gasteiger partial charge on any atom is 0.126 e. The SMILES string of the molecule is CC(C)Cc1cc2n(n1)C(c1cc(F)cc(F)c1)CCN2. The third kappa shape index (κ3) is 2.91. The first-order chi connectivity index (χ1) is 10.0. The summed E-state index contributed by atoms with van der Waals surface area (Å²) in [5.41, 5.74) is 1.64.